The van der Waals surface area contributed by atoms with Crippen LogP contribution in [0.5, 0.6) is 0 Å². The molecule has 6 aromatic carbocycles. The molecule has 0 amide bonds. The van der Waals surface area contributed by atoms with Gasteiger partial charge in [0.25, 0.3) is 0 Å². The van der Waals surface area contributed by atoms with Gasteiger partial charge in [-0.25, -0.2) is 9.97 Å². The molecule has 0 atom stereocenters. The van der Waals surface area contributed by atoms with Crippen LogP contribution in [0.2, 0.25) is 19.6 Å². The van der Waals surface area contributed by atoms with Crippen molar-refractivity contribution in [3.05, 3.63) is 127 Å². The van der Waals surface area contributed by atoms with Gasteiger partial charge in [-0.15, -0.1) is 0 Å². The quantitative estimate of drug-likeness (QED) is 0.195. The fourth-order valence-corrected chi connectivity index (χ4v) is 7.99. The summed E-state index contributed by atoms with van der Waals surface area (Å²) in [5, 5.41) is 7.45. The third-order valence-corrected chi connectivity index (χ3v) is 11.1. The molecule has 0 saturated heterocycles. The second-order valence-corrected chi connectivity index (χ2v) is 17.8. The van der Waals surface area contributed by atoms with E-state index in [9.17, 15) is 0 Å². The first-order chi connectivity index (χ1) is 21.5. The second-order valence-electron chi connectivity index (χ2n) is 12.8. The average Bonchev–Trinajstić information content (AvgIpc) is 3.60. The molecule has 0 fully saturated rings. The van der Waals surface area contributed by atoms with Gasteiger partial charge in [-0.1, -0.05) is 110 Å². The molecule has 0 N–H and O–H groups in total. The van der Waals surface area contributed by atoms with Gasteiger partial charge in [-0.2, -0.15) is 0 Å². The molecule has 0 aliphatic heterocycles. The molecule has 9 rings (SSSR count). The molecule has 0 spiro atoms. The first-order valence-corrected chi connectivity index (χ1v) is 18.7. The Balaban J connectivity index is 1.42. The molecule has 5 heteroatoms. The third-order valence-electron chi connectivity index (χ3n) is 9.07. The molecule has 0 bridgehead atoms. The molecule has 44 heavy (non-hydrogen) atoms. The summed E-state index contributed by atoms with van der Waals surface area (Å²) in [5.74, 6) is 0.843. The van der Waals surface area contributed by atoms with Crippen LogP contribution in [0.4, 0.5) is 0 Å². The van der Waals surface area contributed by atoms with Crippen molar-refractivity contribution in [1.82, 2.24) is 18.9 Å². The van der Waals surface area contributed by atoms with Crippen molar-refractivity contribution in [3.63, 3.8) is 0 Å². The summed E-state index contributed by atoms with van der Waals surface area (Å²) in [6, 6.07) is 46.0. The molecule has 0 saturated carbocycles. The van der Waals surface area contributed by atoms with E-state index < -0.39 is 8.07 Å². The van der Waals surface area contributed by atoms with Crippen molar-refractivity contribution in [2.75, 3.05) is 0 Å². The van der Waals surface area contributed by atoms with E-state index in [0.717, 1.165) is 44.6 Å². The molecule has 3 heterocycles. The van der Waals surface area contributed by atoms with Crippen LogP contribution in [0.3, 0.4) is 0 Å². The van der Waals surface area contributed by atoms with Crippen molar-refractivity contribution in [1.29, 1.82) is 0 Å². The lowest BCUT2D eigenvalue weighted by molar-refractivity contribution is 0.980. The first-order valence-electron chi connectivity index (χ1n) is 15.2. The highest BCUT2D eigenvalue weighted by atomic mass is 28.3. The highest BCUT2D eigenvalue weighted by Crippen LogP contribution is 2.39. The minimum absolute atomic E-state index is 0.843. The standard InChI is InChI=1S/C39H30N4Si/c1-44(2,3)28-20-16-25(17-21-28)27-19-22-34-31(24-27)37-29-11-5-4-10-26(29)18-23-36(37)42(34)39-41-32-13-7-6-12-30(32)38-40-33-14-8-9-15-35(33)43(38)39/h4-24H,1-3H3. The van der Waals surface area contributed by atoms with Gasteiger partial charge in [0, 0.05) is 16.2 Å². The monoisotopic (exact) mass is 582 g/mol. The van der Waals surface area contributed by atoms with E-state index in [-0.39, 0.29) is 0 Å². The number of benzene rings is 6. The van der Waals surface area contributed by atoms with E-state index in [4.69, 9.17) is 9.97 Å². The van der Waals surface area contributed by atoms with E-state index in [0.29, 0.717) is 0 Å². The summed E-state index contributed by atoms with van der Waals surface area (Å²) >= 11 is 0. The molecule has 0 unspecified atom stereocenters. The molecule has 0 aliphatic rings. The SMILES string of the molecule is C[Si](C)(C)c1ccc(-c2ccc3c(c2)c2c4ccccc4ccc2n3-c2nc3ccccc3c3nc4ccccc4n23)cc1. The number of fused-ring (bicyclic) bond motifs is 10. The Labute approximate surface area is 255 Å². The highest BCUT2D eigenvalue weighted by Gasteiger charge is 2.22. The number of para-hydroxylation sites is 3. The van der Waals surface area contributed by atoms with Crippen molar-refractivity contribution in [2.24, 2.45) is 0 Å². The fourth-order valence-electron chi connectivity index (χ4n) is 6.83. The smallest absolute Gasteiger partial charge is 0.221 e. The minimum atomic E-state index is -1.38. The van der Waals surface area contributed by atoms with Gasteiger partial charge in [0.1, 0.15) is 5.65 Å². The molecule has 210 valence electrons. The van der Waals surface area contributed by atoms with Crippen LogP contribution in [0.1, 0.15) is 0 Å². The molecule has 9 aromatic rings. The fraction of sp³-hybridized carbons (Fsp3) is 0.0769. The zero-order valence-electron chi connectivity index (χ0n) is 24.9. The normalized spacial score (nSPS) is 12.4. The van der Waals surface area contributed by atoms with E-state index in [1.54, 1.807) is 0 Å². The third kappa shape index (κ3) is 3.63. The zero-order valence-corrected chi connectivity index (χ0v) is 25.9. The van der Waals surface area contributed by atoms with Crippen LogP contribution < -0.4 is 5.19 Å². The molecule has 3 aromatic heterocycles. The van der Waals surface area contributed by atoms with E-state index in [1.807, 2.05) is 0 Å². The van der Waals surface area contributed by atoms with Gasteiger partial charge >= 0.3 is 0 Å². The largest absolute Gasteiger partial charge is 0.279 e. The Kier molecular flexibility index (Phi) is 5.23. The van der Waals surface area contributed by atoms with E-state index in [2.05, 4.69) is 156 Å². The summed E-state index contributed by atoms with van der Waals surface area (Å²) in [4.78, 5) is 10.5. The molecular weight excluding hydrogens is 553 g/mol. The Bertz CT molecular complexity index is 2580. The predicted molar refractivity (Wildman–Crippen MR) is 188 cm³/mol. The lowest BCUT2D eigenvalue weighted by Gasteiger charge is -2.17. The lowest BCUT2D eigenvalue weighted by atomic mass is 10.00. The summed E-state index contributed by atoms with van der Waals surface area (Å²) in [7, 11) is -1.38. The van der Waals surface area contributed by atoms with Gasteiger partial charge in [0.15, 0.2) is 0 Å². The van der Waals surface area contributed by atoms with Gasteiger partial charge in [0.05, 0.1) is 35.7 Å². The Morgan fingerprint density at radius 2 is 1.20 bits per heavy atom. The minimum Gasteiger partial charge on any atom is -0.279 e. The number of nitrogens with zero attached hydrogens (tertiary/aromatic N) is 4. The zero-order chi connectivity index (χ0) is 29.6. The molecule has 4 nitrogen and oxygen atoms in total. The summed E-state index contributed by atoms with van der Waals surface area (Å²) < 4.78 is 4.57. The maximum Gasteiger partial charge on any atom is 0.221 e. The van der Waals surface area contributed by atoms with Gasteiger partial charge in [-0.3, -0.25) is 8.97 Å². The van der Waals surface area contributed by atoms with Crippen LogP contribution in [-0.2, 0) is 0 Å². The lowest BCUT2D eigenvalue weighted by Crippen LogP contribution is -2.37. The highest BCUT2D eigenvalue weighted by molar-refractivity contribution is 6.88. The van der Waals surface area contributed by atoms with Crippen LogP contribution in [0.15, 0.2) is 127 Å². The Morgan fingerprint density at radius 1 is 0.523 bits per heavy atom. The summed E-state index contributed by atoms with van der Waals surface area (Å²) in [5.41, 5.74) is 8.57. The van der Waals surface area contributed by atoms with Crippen molar-refractivity contribution in [2.45, 2.75) is 19.6 Å². The topological polar surface area (TPSA) is 35.1 Å². The first kappa shape index (κ1) is 25.3. The maximum absolute atomic E-state index is 5.35. The van der Waals surface area contributed by atoms with Crippen LogP contribution in [0.25, 0.3) is 77.2 Å². The van der Waals surface area contributed by atoms with E-state index in [1.165, 1.54) is 37.9 Å². The van der Waals surface area contributed by atoms with Gasteiger partial charge in [-0.05, 0) is 64.4 Å². The summed E-state index contributed by atoms with van der Waals surface area (Å²) in [6.45, 7) is 7.19. The Hall–Kier alpha value is -5.26. The maximum atomic E-state index is 5.35. The van der Waals surface area contributed by atoms with Crippen molar-refractivity contribution in [3.8, 4) is 17.1 Å². The second kappa shape index (κ2) is 9.12. The van der Waals surface area contributed by atoms with Crippen LogP contribution in [0, 0.1) is 0 Å². The predicted octanol–water partition coefficient (Wildman–Crippen LogP) is 9.50. The average molecular weight is 583 g/mol. The van der Waals surface area contributed by atoms with Crippen molar-refractivity contribution < 1.29 is 0 Å². The van der Waals surface area contributed by atoms with E-state index >= 15 is 0 Å². The number of imidazole rings is 1. The van der Waals surface area contributed by atoms with Gasteiger partial charge < -0.3 is 0 Å². The summed E-state index contributed by atoms with van der Waals surface area (Å²) in [6.07, 6.45) is 0. The molecule has 0 aliphatic carbocycles. The van der Waals surface area contributed by atoms with Crippen LogP contribution in [-0.4, -0.2) is 27.0 Å². The number of aromatic nitrogens is 4. The van der Waals surface area contributed by atoms with Gasteiger partial charge in [0.2, 0.25) is 5.95 Å². The number of rotatable bonds is 3. The molecular formula is C39H30N4Si. The molecule has 0 radical (unpaired) electrons. The Morgan fingerprint density at radius 3 is 2.02 bits per heavy atom. The van der Waals surface area contributed by atoms with Crippen LogP contribution >= 0.6 is 0 Å². The van der Waals surface area contributed by atoms with Crippen molar-refractivity contribution >= 4 is 73.4 Å². The number of hydrogen-bond acceptors (Lipinski definition) is 2. The number of hydrogen-bond donors (Lipinski definition) is 0.